The molecule has 13 heteroatoms. The second kappa shape index (κ2) is 13.0. The zero-order chi connectivity index (χ0) is 29.8. The third kappa shape index (κ3) is 7.95. The number of hydrogen-bond acceptors (Lipinski definition) is 10. The number of halogens is 1. The molecule has 0 radical (unpaired) electrons. The highest BCUT2D eigenvalue weighted by Gasteiger charge is 2.35. The minimum atomic E-state index is -3.68. The summed E-state index contributed by atoms with van der Waals surface area (Å²) in [4.78, 5) is 6.79. The smallest absolute Gasteiger partial charge is 0.249 e. The summed E-state index contributed by atoms with van der Waals surface area (Å²) in [6.07, 6.45) is 2.68. The molecule has 3 unspecified atom stereocenters. The largest absolute Gasteiger partial charge is 0.419 e. The number of pyridine rings is 1. The Bertz CT molecular complexity index is 1420. The van der Waals surface area contributed by atoms with Crippen LogP contribution < -0.4 is 14.9 Å². The molecular weight excluding hydrogens is 568 g/mol. The molecule has 1 saturated carbocycles. The Morgan fingerprint density at radius 2 is 1.90 bits per heavy atom. The molecule has 0 saturated heterocycles. The average molecular weight is 607 g/mol. The molecule has 224 valence electrons. The molecule has 1 aliphatic carbocycles. The van der Waals surface area contributed by atoms with E-state index in [0.29, 0.717) is 56.0 Å². The summed E-state index contributed by atoms with van der Waals surface area (Å²) >= 11 is 6.79. The quantitative estimate of drug-likeness (QED) is 0.255. The van der Waals surface area contributed by atoms with E-state index >= 15 is 0 Å². The first kappa shape index (κ1) is 31.2. The van der Waals surface area contributed by atoms with Crippen molar-refractivity contribution in [3.63, 3.8) is 0 Å². The van der Waals surface area contributed by atoms with Crippen molar-refractivity contribution >= 4 is 33.3 Å². The van der Waals surface area contributed by atoms with Crippen LogP contribution in [0.25, 0.3) is 11.5 Å². The Morgan fingerprint density at radius 1 is 1.20 bits per heavy atom. The lowest BCUT2D eigenvalue weighted by atomic mass is 9.94. The van der Waals surface area contributed by atoms with Gasteiger partial charge in [0.15, 0.2) is 5.82 Å². The lowest BCUT2D eigenvalue weighted by Crippen LogP contribution is -2.35. The van der Waals surface area contributed by atoms with Crippen molar-refractivity contribution in [1.29, 1.82) is 0 Å². The van der Waals surface area contributed by atoms with Gasteiger partial charge < -0.3 is 24.5 Å². The lowest BCUT2D eigenvalue weighted by Gasteiger charge is -2.27. The topological polar surface area (TPSA) is 137 Å². The van der Waals surface area contributed by atoms with Gasteiger partial charge in [0.25, 0.3) is 0 Å². The van der Waals surface area contributed by atoms with Crippen molar-refractivity contribution < 1.29 is 22.3 Å². The number of nitrogens with two attached hydrogens (primary N) is 1. The predicted octanol–water partition coefficient (Wildman–Crippen LogP) is 3.72. The van der Waals surface area contributed by atoms with E-state index in [1.165, 1.54) is 7.05 Å². The van der Waals surface area contributed by atoms with Crippen molar-refractivity contribution in [2.24, 2.45) is 17.6 Å². The van der Waals surface area contributed by atoms with E-state index in [0.717, 1.165) is 29.1 Å². The summed E-state index contributed by atoms with van der Waals surface area (Å²) in [5.74, 6) is 2.05. The molecule has 2 N–H and O–H groups in total. The van der Waals surface area contributed by atoms with Gasteiger partial charge in [-0.15, -0.1) is 10.2 Å². The van der Waals surface area contributed by atoms with Gasteiger partial charge in [-0.3, -0.25) is 4.31 Å². The van der Waals surface area contributed by atoms with E-state index in [2.05, 4.69) is 22.0 Å². The number of nitrogens with zero attached hydrogens (tertiary/aromatic N) is 5. The Kier molecular flexibility index (Phi) is 9.91. The summed E-state index contributed by atoms with van der Waals surface area (Å²) in [6, 6.07) is 11.5. The van der Waals surface area contributed by atoms with E-state index in [9.17, 15) is 8.42 Å². The van der Waals surface area contributed by atoms with Crippen molar-refractivity contribution in [2.45, 2.75) is 32.2 Å². The SMILES string of the molecule is COCCOCCN(CC1CC1C)c1cc(-c2nnc(C(C)(N)Cc3ccccc3)o2)c(Cl)c(N(C)S(C)(=O)=O)n1. The van der Waals surface area contributed by atoms with Crippen LogP contribution in [0, 0.1) is 11.8 Å². The fraction of sp³-hybridized carbons (Fsp3) is 0.536. The molecule has 3 atom stereocenters. The average Bonchev–Trinajstić information content (AvgIpc) is 3.38. The van der Waals surface area contributed by atoms with Crippen molar-refractivity contribution in [3.8, 4) is 11.5 Å². The van der Waals surface area contributed by atoms with Crippen LogP contribution in [0.4, 0.5) is 11.6 Å². The van der Waals surface area contributed by atoms with Gasteiger partial charge in [0.05, 0.1) is 42.2 Å². The highest BCUT2D eigenvalue weighted by Crippen LogP contribution is 2.41. The van der Waals surface area contributed by atoms with Crippen LogP contribution in [0.5, 0.6) is 0 Å². The lowest BCUT2D eigenvalue weighted by molar-refractivity contribution is 0.0739. The van der Waals surface area contributed by atoms with E-state index < -0.39 is 15.6 Å². The molecule has 2 heterocycles. The van der Waals surface area contributed by atoms with Gasteiger partial charge in [0, 0.05) is 27.2 Å². The maximum atomic E-state index is 12.5. The zero-order valence-corrected chi connectivity index (χ0v) is 25.8. The Morgan fingerprint density at radius 3 is 2.54 bits per heavy atom. The zero-order valence-electron chi connectivity index (χ0n) is 24.2. The highest BCUT2D eigenvalue weighted by atomic mass is 35.5. The minimum absolute atomic E-state index is 0.0651. The third-order valence-electron chi connectivity index (χ3n) is 7.27. The van der Waals surface area contributed by atoms with Gasteiger partial charge in [0.1, 0.15) is 5.82 Å². The van der Waals surface area contributed by atoms with Crippen molar-refractivity contribution in [1.82, 2.24) is 15.2 Å². The van der Waals surface area contributed by atoms with Gasteiger partial charge >= 0.3 is 0 Å². The maximum Gasteiger partial charge on any atom is 0.249 e. The molecule has 0 aliphatic heterocycles. The molecular formula is C28H39ClN6O5S. The molecule has 2 aromatic heterocycles. The first-order valence-electron chi connectivity index (χ1n) is 13.5. The van der Waals surface area contributed by atoms with Crippen LogP contribution in [0.2, 0.25) is 5.02 Å². The summed E-state index contributed by atoms with van der Waals surface area (Å²) < 4.78 is 43.0. The van der Waals surface area contributed by atoms with Crippen LogP contribution in [0.3, 0.4) is 0 Å². The molecule has 0 amide bonds. The molecule has 0 spiro atoms. The van der Waals surface area contributed by atoms with Crippen molar-refractivity contribution in [3.05, 3.63) is 52.9 Å². The maximum absolute atomic E-state index is 12.5. The number of benzene rings is 1. The predicted molar refractivity (Wildman–Crippen MR) is 160 cm³/mol. The number of rotatable bonds is 15. The molecule has 0 bridgehead atoms. The normalized spacial score (nSPS) is 18.2. The van der Waals surface area contributed by atoms with E-state index in [1.54, 1.807) is 13.2 Å². The molecule has 4 rings (SSSR count). The number of sulfonamides is 1. The first-order valence-corrected chi connectivity index (χ1v) is 15.8. The molecule has 3 aromatic rings. The summed E-state index contributed by atoms with van der Waals surface area (Å²) in [5, 5.41) is 8.59. The Labute approximate surface area is 247 Å². The van der Waals surface area contributed by atoms with Gasteiger partial charge in [-0.05, 0) is 43.2 Å². The Balaban J connectivity index is 1.72. The van der Waals surface area contributed by atoms with E-state index in [1.807, 2.05) is 37.3 Å². The van der Waals surface area contributed by atoms with Crippen molar-refractivity contribution in [2.75, 3.05) is 62.5 Å². The number of methoxy groups -OCH3 is 1. The summed E-state index contributed by atoms with van der Waals surface area (Å²) in [7, 11) is -0.639. The fourth-order valence-electron chi connectivity index (χ4n) is 4.50. The number of hydrogen-bond donors (Lipinski definition) is 1. The number of ether oxygens (including phenoxy) is 2. The number of anilines is 2. The second-order valence-corrected chi connectivity index (χ2v) is 13.3. The van der Waals surface area contributed by atoms with Crippen LogP contribution in [0.15, 0.2) is 40.8 Å². The molecule has 41 heavy (non-hydrogen) atoms. The summed E-state index contributed by atoms with van der Waals surface area (Å²) in [5.41, 5.74) is 7.06. The van der Waals surface area contributed by atoms with Gasteiger partial charge in [0.2, 0.25) is 21.8 Å². The molecule has 11 nitrogen and oxygen atoms in total. The van der Waals surface area contributed by atoms with E-state index in [-0.39, 0.29) is 22.6 Å². The van der Waals surface area contributed by atoms with Crippen LogP contribution in [0.1, 0.15) is 31.7 Å². The number of aromatic nitrogens is 3. The monoisotopic (exact) mass is 606 g/mol. The van der Waals surface area contributed by atoms with Gasteiger partial charge in [-0.1, -0.05) is 48.9 Å². The van der Waals surface area contributed by atoms with Crippen LogP contribution >= 0.6 is 11.6 Å². The van der Waals surface area contributed by atoms with Crippen LogP contribution in [-0.2, 0) is 31.5 Å². The first-order chi connectivity index (χ1) is 19.4. The molecule has 1 aliphatic rings. The second-order valence-electron chi connectivity index (χ2n) is 10.9. The van der Waals surface area contributed by atoms with Gasteiger partial charge in [-0.25, -0.2) is 13.4 Å². The standard InChI is InChI=1S/C28H39ClN6O5S/c1-19-15-21(19)18-35(11-12-39-14-13-38-4)23-16-22(24(29)25(31-23)34(3)41(5,36)37)26-32-33-27(40-26)28(2,30)17-20-9-7-6-8-10-20/h6-10,16,19,21H,11-15,17-18,30H2,1-5H3. The minimum Gasteiger partial charge on any atom is -0.419 e. The molecule has 1 aromatic carbocycles. The highest BCUT2D eigenvalue weighted by molar-refractivity contribution is 7.92. The molecule has 1 fully saturated rings. The van der Waals surface area contributed by atoms with Crippen LogP contribution in [-0.4, -0.2) is 76.9 Å². The third-order valence-corrected chi connectivity index (χ3v) is 8.81. The van der Waals surface area contributed by atoms with Gasteiger partial charge in [-0.2, -0.15) is 0 Å². The Hall–Kier alpha value is -2.77. The van der Waals surface area contributed by atoms with E-state index in [4.69, 9.17) is 36.2 Å². The summed E-state index contributed by atoms with van der Waals surface area (Å²) in [6.45, 7) is 6.71. The fourth-order valence-corrected chi connectivity index (χ4v) is 5.30.